The maximum atomic E-state index is 13.0. The second-order valence-corrected chi connectivity index (χ2v) is 8.12. The third-order valence-corrected chi connectivity index (χ3v) is 5.79. The highest BCUT2D eigenvalue weighted by Crippen LogP contribution is 2.27. The fourth-order valence-corrected chi connectivity index (χ4v) is 3.67. The van der Waals surface area contributed by atoms with E-state index in [1.807, 2.05) is 48.5 Å². The minimum Gasteiger partial charge on any atom is -0.493 e. The van der Waals surface area contributed by atoms with Crippen LogP contribution in [0.1, 0.15) is 28.0 Å². The largest absolute Gasteiger partial charge is 0.493 e. The van der Waals surface area contributed by atoms with Gasteiger partial charge in [-0.1, -0.05) is 36.4 Å². The number of nitrogens with zero attached hydrogens (tertiary/aromatic N) is 4. The van der Waals surface area contributed by atoms with Crippen molar-refractivity contribution in [2.24, 2.45) is 0 Å². The van der Waals surface area contributed by atoms with Gasteiger partial charge in [-0.3, -0.25) is 14.6 Å². The van der Waals surface area contributed by atoms with Gasteiger partial charge >= 0.3 is 0 Å². The number of aromatic nitrogens is 2. The maximum absolute atomic E-state index is 13.0. The van der Waals surface area contributed by atoms with E-state index in [0.717, 1.165) is 11.1 Å². The molecule has 0 aliphatic carbocycles. The van der Waals surface area contributed by atoms with E-state index in [4.69, 9.17) is 9.47 Å². The Morgan fingerprint density at radius 2 is 1.60 bits per heavy atom. The maximum Gasteiger partial charge on any atom is 0.274 e. The van der Waals surface area contributed by atoms with Gasteiger partial charge in [-0.15, -0.1) is 0 Å². The number of rotatable bonds is 12. The van der Waals surface area contributed by atoms with Crippen molar-refractivity contribution in [2.75, 3.05) is 40.9 Å². The number of likely N-dealkylation sites (N-methyl/N-ethyl adjacent to an activating group) is 1. The lowest BCUT2D eigenvalue weighted by Gasteiger charge is -2.24. The highest BCUT2D eigenvalue weighted by Gasteiger charge is 2.19. The number of carbonyl (C=O) groups is 2. The van der Waals surface area contributed by atoms with Crippen molar-refractivity contribution in [1.82, 2.24) is 19.8 Å². The molecule has 0 N–H and O–H groups in total. The average Bonchev–Trinajstić information content (AvgIpc) is 2.92. The van der Waals surface area contributed by atoms with Gasteiger partial charge in [0, 0.05) is 45.5 Å². The summed E-state index contributed by atoms with van der Waals surface area (Å²) < 4.78 is 10.6. The number of hydrogen-bond donors (Lipinski definition) is 0. The van der Waals surface area contributed by atoms with Crippen molar-refractivity contribution in [2.45, 2.75) is 19.3 Å². The van der Waals surface area contributed by atoms with E-state index in [1.165, 1.54) is 18.6 Å². The summed E-state index contributed by atoms with van der Waals surface area (Å²) in [5, 5.41) is 0. The molecule has 0 bridgehead atoms. The Labute approximate surface area is 206 Å². The minimum atomic E-state index is -0.227. The summed E-state index contributed by atoms with van der Waals surface area (Å²) in [6, 6.07) is 15.7. The molecule has 1 heterocycles. The molecule has 0 atom stereocenters. The van der Waals surface area contributed by atoms with Crippen LogP contribution < -0.4 is 9.47 Å². The molecular weight excluding hydrogens is 444 g/mol. The molecule has 8 heteroatoms. The highest BCUT2D eigenvalue weighted by molar-refractivity contribution is 5.92. The van der Waals surface area contributed by atoms with Gasteiger partial charge in [0.1, 0.15) is 5.69 Å². The molecule has 8 nitrogen and oxygen atoms in total. The topological polar surface area (TPSA) is 84.9 Å². The summed E-state index contributed by atoms with van der Waals surface area (Å²) in [6.45, 7) is 1.35. The second kappa shape index (κ2) is 13.1. The molecule has 0 radical (unpaired) electrons. The van der Waals surface area contributed by atoms with Crippen LogP contribution in [0.5, 0.6) is 11.5 Å². The number of ether oxygens (including phenoxy) is 2. The van der Waals surface area contributed by atoms with E-state index in [-0.39, 0.29) is 23.9 Å². The van der Waals surface area contributed by atoms with Gasteiger partial charge in [0.05, 0.1) is 20.4 Å². The average molecular weight is 477 g/mol. The molecule has 184 valence electrons. The van der Waals surface area contributed by atoms with E-state index in [2.05, 4.69) is 9.97 Å². The van der Waals surface area contributed by atoms with Gasteiger partial charge in [0.25, 0.3) is 5.91 Å². The summed E-state index contributed by atoms with van der Waals surface area (Å²) >= 11 is 0. The number of amides is 2. The monoisotopic (exact) mass is 476 g/mol. The van der Waals surface area contributed by atoms with Crippen molar-refractivity contribution in [3.63, 3.8) is 0 Å². The number of carbonyl (C=O) groups excluding carboxylic acids is 2. The number of methoxy groups -OCH3 is 2. The molecule has 0 spiro atoms. The van der Waals surface area contributed by atoms with E-state index in [1.54, 1.807) is 31.1 Å². The Balaban J connectivity index is 1.58. The van der Waals surface area contributed by atoms with Gasteiger partial charge in [0.2, 0.25) is 5.91 Å². The molecule has 3 rings (SSSR count). The molecule has 2 aromatic carbocycles. The highest BCUT2D eigenvalue weighted by atomic mass is 16.5. The van der Waals surface area contributed by atoms with E-state index in [9.17, 15) is 9.59 Å². The molecule has 0 aliphatic heterocycles. The fourth-order valence-electron chi connectivity index (χ4n) is 3.67. The molecule has 0 unspecified atom stereocenters. The first-order valence-electron chi connectivity index (χ1n) is 11.6. The first-order valence-corrected chi connectivity index (χ1v) is 11.6. The number of benzene rings is 2. The summed E-state index contributed by atoms with van der Waals surface area (Å²) in [6.07, 6.45) is 6.07. The SMILES string of the molecule is COc1ccc(CCN(C)C(=O)CCN(CCc2ccccc2)C(=O)c2cnccn2)cc1OC. The lowest BCUT2D eigenvalue weighted by atomic mass is 10.1. The molecule has 3 aromatic rings. The summed E-state index contributed by atoms with van der Waals surface area (Å²) in [5.41, 5.74) is 2.45. The van der Waals surface area contributed by atoms with Crippen LogP contribution in [-0.4, -0.2) is 72.5 Å². The second-order valence-electron chi connectivity index (χ2n) is 8.12. The molecule has 0 saturated carbocycles. The zero-order chi connectivity index (χ0) is 25.0. The van der Waals surface area contributed by atoms with Crippen LogP contribution >= 0.6 is 0 Å². The van der Waals surface area contributed by atoms with Crippen LogP contribution in [-0.2, 0) is 17.6 Å². The standard InChI is InChI=1S/C27H32N4O4/c1-30(16-11-22-9-10-24(34-2)25(19-22)35-3)26(32)13-18-31(17-12-21-7-5-4-6-8-21)27(33)23-20-28-14-15-29-23/h4-10,14-15,19-20H,11-13,16-18H2,1-3H3. The lowest BCUT2D eigenvalue weighted by Crippen LogP contribution is -2.38. The Bertz CT molecular complexity index is 1090. The Hall–Kier alpha value is -3.94. The van der Waals surface area contributed by atoms with Crippen molar-refractivity contribution < 1.29 is 19.1 Å². The van der Waals surface area contributed by atoms with Crippen molar-refractivity contribution in [3.05, 3.63) is 83.9 Å². The zero-order valence-electron chi connectivity index (χ0n) is 20.5. The first-order chi connectivity index (χ1) is 17.0. The molecule has 35 heavy (non-hydrogen) atoms. The smallest absolute Gasteiger partial charge is 0.274 e. The molecule has 0 fully saturated rings. The van der Waals surface area contributed by atoms with E-state index in [0.29, 0.717) is 44.0 Å². The third-order valence-electron chi connectivity index (χ3n) is 5.79. The van der Waals surface area contributed by atoms with E-state index >= 15 is 0 Å². The molecule has 0 saturated heterocycles. The predicted octanol–water partition coefficient (Wildman–Crippen LogP) is 3.27. The van der Waals surface area contributed by atoms with Crippen molar-refractivity contribution in [3.8, 4) is 11.5 Å². The summed E-state index contributed by atoms with van der Waals surface area (Å²) in [5.74, 6) is 1.08. The molecule has 1 aromatic heterocycles. The zero-order valence-corrected chi connectivity index (χ0v) is 20.5. The van der Waals surface area contributed by atoms with Crippen LogP contribution in [0, 0.1) is 0 Å². The van der Waals surface area contributed by atoms with Crippen LogP contribution in [0.4, 0.5) is 0 Å². The predicted molar refractivity (Wildman–Crippen MR) is 134 cm³/mol. The van der Waals surface area contributed by atoms with Gasteiger partial charge in [-0.2, -0.15) is 0 Å². The Kier molecular flexibility index (Phi) is 9.59. The fraction of sp³-hybridized carbons (Fsp3) is 0.333. The minimum absolute atomic E-state index is 0.0258. The van der Waals surface area contributed by atoms with E-state index < -0.39 is 0 Å². The molecule has 2 amide bonds. The molecular formula is C27H32N4O4. The lowest BCUT2D eigenvalue weighted by molar-refractivity contribution is -0.130. The number of hydrogen-bond acceptors (Lipinski definition) is 6. The van der Waals surface area contributed by atoms with Gasteiger partial charge in [0.15, 0.2) is 11.5 Å². The quantitative estimate of drug-likeness (QED) is 0.399. The van der Waals surface area contributed by atoms with Crippen LogP contribution in [0.15, 0.2) is 67.1 Å². The van der Waals surface area contributed by atoms with Gasteiger partial charge in [-0.25, -0.2) is 4.98 Å². The van der Waals surface area contributed by atoms with Gasteiger partial charge < -0.3 is 19.3 Å². The summed E-state index contributed by atoms with van der Waals surface area (Å²) in [7, 11) is 4.98. The normalized spacial score (nSPS) is 10.5. The first kappa shape index (κ1) is 25.7. The van der Waals surface area contributed by atoms with Crippen molar-refractivity contribution >= 4 is 11.8 Å². The Morgan fingerprint density at radius 1 is 0.857 bits per heavy atom. The van der Waals surface area contributed by atoms with Crippen LogP contribution in [0.3, 0.4) is 0 Å². The molecule has 0 aliphatic rings. The van der Waals surface area contributed by atoms with Crippen LogP contribution in [0.2, 0.25) is 0 Å². The third kappa shape index (κ3) is 7.53. The van der Waals surface area contributed by atoms with Crippen LogP contribution in [0.25, 0.3) is 0 Å². The van der Waals surface area contributed by atoms with Gasteiger partial charge in [-0.05, 0) is 36.1 Å². The summed E-state index contributed by atoms with van der Waals surface area (Å²) in [4.78, 5) is 37.4. The Morgan fingerprint density at radius 3 is 2.29 bits per heavy atom. The van der Waals surface area contributed by atoms with Crippen molar-refractivity contribution in [1.29, 1.82) is 0 Å².